The fraction of sp³-hybridized carbons (Fsp3) is 0.150. The lowest BCUT2D eigenvalue weighted by atomic mass is 10.1. The molecule has 0 aliphatic rings. The normalized spacial score (nSPS) is 10.8. The molecule has 0 radical (unpaired) electrons. The zero-order valence-corrected chi connectivity index (χ0v) is 17.4. The second-order valence-electron chi connectivity index (χ2n) is 6.17. The number of carbonyl (C=O) groups is 2. The number of aromatic nitrogens is 3. The van der Waals surface area contributed by atoms with Gasteiger partial charge in [0.1, 0.15) is 0 Å². The molecule has 0 fully saturated rings. The number of halogens is 1. The number of hydrogen-bond acceptors (Lipinski definition) is 9. The van der Waals surface area contributed by atoms with Crippen LogP contribution in [0.25, 0.3) is 0 Å². The molecule has 3 rings (SSSR count). The number of Topliss-reactive ketones (excluding diaryl/α,β-unsaturated/α-hetero) is 1. The van der Waals surface area contributed by atoms with Crippen molar-refractivity contribution < 1.29 is 24.0 Å². The van der Waals surface area contributed by atoms with Crippen LogP contribution in [-0.2, 0) is 4.74 Å². The van der Waals surface area contributed by atoms with Gasteiger partial charge in [0.25, 0.3) is 11.6 Å². The van der Waals surface area contributed by atoms with Crippen LogP contribution < -0.4 is 4.74 Å². The van der Waals surface area contributed by atoms with Crippen molar-refractivity contribution in [2.24, 2.45) is 5.10 Å². The highest BCUT2D eigenvalue weighted by atomic mass is 35.5. The predicted octanol–water partition coefficient (Wildman–Crippen LogP) is 3.16. The van der Waals surface area contributed by atoms with Crippen molar-refractivity contribution in [2.75, 3.05) is 13.2 Å². The van der Waals surface area contributed by atoms with Crippen LogP contribution in [0.5, 0.6) is 5.88 Å². The van der Waals surface area contributed by atoms with Gasteiger partial charge in [-0.2, -0.15) is 5.10 Å². The summed E-state index contributed by atoms with van der Waals surface area (Å²) in [5.74, 6) is -1.36. The molecule has 1 aromatic heterocycles. The number of ketones is 1. The summed E-state index contributed by atoms with van der Waals surface area (Å²) in [6.45, 7) is 1.30. The summed E-state index contributed by atoms with van der Waals surface area (Å²) < 4.78 is 10.4. The molecule has 0 saturated carbocycles. The molecule has 0 unspecified atom stereocenters. The van der Waals surface area contributed by atoms with E-state index in [4.69, 9.17) is 21.1 Å². The number of nitrogens with zero attached hydrogens (tertiary/aromatic N) is 5. The summed E-state index contributed by atoms with van der Waals surface area (Å²) in [5.41, 5.74) is 0.557. The zero-order valence-electron chi connectivity index (χ0n) is 16.7. The Hall–Kier alpha value is -4.12. The van der Waals surface area contributed by atoms with Gasteiger partial charge in [-0.25, -0.2) is 4.79 Å². The molecular formula is C20H16ClN5O6. The monoisotopic (exact) mass is 457 g/mol. The van der Waals surface area contributed by atoms with Crippen molar-refractivity contribution in [1.82, 2.24) is 15.1 Å². The highest BCUT2D eigenvalue weighted by Crippen LogP contribution is 2.18. The minimum absolute atomic E-state index is 0.0720. The van der Waals surface area contributed by atoms with Crippen LogP contribution in [0.2, 0.25) is 5.02 Å². The van der Waals surface area contributed by atoms with Gasteiger partial charge in [0.15, 0.2) is 12.4 Å². The standard InChI is InChI=1S/C20H16ClN5O6/c1-2-31-20(28)18-19(32-12-17(27)14-5-7-15(21)8-6-14)25(24-23-18)22-11-13-3-9-16(10-4-13)26(29)30/h3-11H,2,12H2,1H3/b22-11+. The fourth-order valence-corrected chi connectivity index (χ4v) is 2.58. The van der Waals surface area contributed by atoms with Crippen LogP contribution in [0.1, 0.15) is 33.3 Å². The number of carbonyl (C=O) groups excluding carboxylic acids is 2. The quantitative estimate of drug-likeness (QED) is 0.157. The van der Waals surface area contributed by atoms with E-state index in [1.807, 2.05) is 0 Å². The van der Waals surface area contributed by atoms with Gasteiger partial charge in [0, 0.05) is 22.7 Å². The minimum Gasteiger partial charge on any atom is -0.466 e. The third-order valence-corrected chi connectivity index (χ3v) is 4.26. The molecule has 12 heteroatoms. The first-order chi connectivity index (χ1) is 15.4. The van der Waals surface area contributed by atoms with Crippen molar-refractivity contribution in [2.45, 2.75) is 6.92 Å². The number of hydrogen-bond donors (Lipinski definition) is 0. The van der Waals surface area contributed by atoms with E-state index < -0.39 is 17.5 Å². The lowest BCUT2D eigenvalue weighted by molar-refractivity contribution is -0.384. The fourth-order valence-electron chi connectivity index (χ4n) is 2.45. The first kappa shape index (κ1) is 22.6. The Morgan fingerprint density at radius 2 is 1.88 bits per heavy atom. The molecule has 0 N–H and O–H groups in total. The lowest BCUT2D eigenvalue weighted by Gasteiger charge is -2.07. The topological polar surface area (TPSA) is 139 Å². The van der Waals surface area contributed by atoms with Crippen molar-refractivity contribution in [3.8, 4) is 5.88 Å². The number of non-ortho nitro benzene ring substituents is 1. The predicted molar refractivity (Wildman–Crippen MR) is 113 cm³/mol. The average Bonchev–Trinajstić information content (AvgIpc) is 3.19. The van der Waals surface area contributed by atoms with Gasteiger partial charge in [-0.1, -0.05) is 16.4 Å². The molecule has 0 saturated heterocycles. The van der Waals surface area contributed by atoms with Gasteiger partial charge < -0.3 is 9.47 Å². The van der Waals surface area contributed by atoms with Gasteiger partial charge in [-0.15, -0.1) is 5.10 Å². The van der Waals surface area contributed by atoms with Crippen molar-refractivity contribution in [3.05, 3.63) is 80.5 Å². The number of rotatable bonds is 9. The summed E-state index contributed by atoms with van der Waals surface area (Å²) in [4.78, 5) is 35.7. The van der Waals surface area contributed by atoms with Crippen LogP contribution in [0, 0.1) is 10.1 Å². The summed E-state index contributed by atoms with van der Waals surface area (Å²) in [6, 6.07) is 11.8. The number of nitro benzene ring substituents is 1. The Balaban J connectivity index is 1.82. The van der Waals surface area contributed by atoms with Crippen molar-refractivity contribution in [1.29, 1.82) is 0 Å². The van der Waals surface area contributed by atoms with Gasteiger partial charge in [0.05, 0.1) is 17.7 Å². The smallest absolute Gasteiger partial charge is 0.364 e. The maximum Gasteiger partial charge on any atom is 0.364 e. The molecule has 1 heterocycles. The second kappa shape index (κ2) is 10.3. The molecule has 0 spiro atoms. The highest BCUT2D eigenvalue weighted by Gasteiger charge is 2.24. The zero-order chi connectivity index (χ0) is 23.1. The van der Waals surface area contributed by atoms with Crippen molar-refractivity contribution in [3.63, 3.8) is 0 Å². The van der Waals surface area contributed by atoms with Crippen LogP contribution in [0.3, 0.4) is 0 Å². The number of nitro groups is 1. The van der Waals surface area contributed by atoms with E-state index >= 15 is 0 Å². The van der Waals surface area contributed by atoms with Gasteiger partial charge in [0.2, 0.25) is 5.69 Å². The first-order valence-electron chi connectivity index (χ1n) is 9.22. The molecular weight excluding hydrogens is 442 g/mol. The number of benzene rings is 2. The van der Waals surface area contributed by atoms with E-state index in [-0.39, 0.29) is 29.7 Å². The Bertz CT molecular complexity index is 1160. The molecule has 164 valence electrons. The molecule has 0 aliphatic heterocycles. The van der Waals surface area contributed by atoms with E-state index in [9.17, 15) is 19.7 Å². The molecule has 0 bridgehead atoms. The van der Waals surface area contributed by atoms with E-state index in [1.54, 1.807) is 31.2 Å². The van der Waals surface area contributed by atoms with E-state index in [2.05, 4.69) is 15.4 Å². The third-order valence-electron chi connectivity index (χ3n) is 4.01. The Morgan fingerprint density at radius 3 is 2.50 bits per heavy atom. The van der Waals surface area contributed by atoms with Crippen LogP contribution in [0.4, 0.5) is 5.69 Å². The molecule has 0 amide bonds. The minimum atomic E-state index is -0.793. The Kier molecular flexibility index (Phi) is 7.24. The van der Waals surface area contributed by atoms with Crippen molar-refractivity contribution >= 4 is 35.3 Å². The Labute approximate surface area is 186 Å². The van der Waals surface area contributed by atoms with E-state index in [0.29, 0.717) is 16.1 Å². The molecule has 3 aromatic rings. The van der Waals surface area contributed by atoms with E-state index in [0.717, 1.165) is 4.79 Å². The van der Waals surface area contributed by atoms with Crippen LogP contribution >= 0.6 is 11.6 Å². The molecule has 11 nitrogen and oxygen atoms in total. The van der Waals surface area contributed by atoms with Gasteiger partial charge in [-0.3, -0.25) is 14.9 Å². The first-order valence-corrected chi connectivity index (χ1v) is 9.60. The third kappa shape index (κ3) is 5.52. The summed E-state index contributed by atoms with van der Waals surface area (Å²) >= 11 is 5.83. The maximum absolute atomic E-state index is 12.4. The lowest BCUT2D eigenvalue weighted by Crippen LogP contribution is -2.15. The van der Waals surface area contributed by atoms with Crippen LogP contribution in [0.15, 0.2) is 53.6 Å². The SMILES string of the molecule is CCOC(=O)c1nnn(/N=C/c2ccc([N+](=O)[O-])cc2)c1OCC(=O)c1ccc(Cl)cc1. The molecule has 0 atom stereocenters. The van der Waals surface area contributed by atoms with E-state index in [1.165, 1.54) is 30.5 Å². The summed E-state index contributed by atoms with van der Waals surface area (Å²) in [6.07, 6.45) is 1.33. The largest absolute Gasteiger partial charge is 0.466 e. The summed E-state index contributed by atoms with van der Waals surface area (Å²) in [5, 5.41) is 22.8. The highest BCUT2D eigenvalue weighted by molar-refractivity contribution is 6.30. The molecule has 32 heavy (non-hydrogen) atoms. The number of esters is 1. The number of ether oxygens (including phenoxy) is 2. The Morgan fingerprint density at radius 1 is 1.19 bits per heavy atom. The van der Waals surface area contributed by atoms with Crippen LogP contribution in [-0.4, -0.2) is 51.2 Å². The second-order valence-corrected chi connectivity index (χ2v) is 6.60. The van der Waals surface area contributed by atoms with Gasteiger partial charge in [-0.05, 0) is 54.1 Å². The maximum atomic E-state index is 12.4. The van der Waals surface area contributed by atoms with Gasteiger partial charge >= 0.3 is 5.97 Å². The molecule has 2 aromatic carbocycles. The molecule has 0 aliphatic carbocycles. The average molecular weight is 458 g/mol. The summed E-state index contributed by atoms with van der Waals surface area (Å²) in [7, 11) is 0.